The molecule has 3 rings (SSSR count). The summed E-state index contributed by atoms with van der Waals surface area (Å²) in [6, 6.07) is 8.47. The maximum absolute atomic E-state index is 9.21. The number of aromatic nitrogens is 2. The Labute approximate surface area is 113 Å². The molecule has 4 nitrogen and oxygen atoms in total. The first-order valence-corrected chi connectivity index (χ1v) is 6.79. The standard InChI is InChI=1S/C15H19N3O/c1-12-13(11-19)10-18(16-12)15-6-4-14(5-7-15)17-8-2-3-9-17/h4-7,10,19H,2-3,8-9,11H2,1H3. The van der Waals surface area contributed by atoms with Gasteiger partial charge in [-0.2, -0.15) is 5.10 Å². The van der Waals surface area contributed by atoms with Crippen molar-refractivity contribution >= 4 is 5.69 Å². The highest BCUT2D eigenvalue weighted by Crippen LogP contribution is 2.22. The van der Waals surface area contributed by atoms with Gasteiger partial charge in [0.2, 0.25) is 0 Å². The van der Waals surface area contributed by atoms with Gasteiger partial charge in [0.15, 0.2) is 0 Å². The number of rotatable bonds is 3. The Hall–Kier alpha value is -1.81. The minimum Gasteiger partial charge on any atom is -0.392 e. The third-order valence-electron chi connectivity index (χ3n) is 3.76. The summed E-state index contributed by atoms with van der Waals surface area (Å²) < 4.78 is 1.83. The lowest BCUT2D eigenvalue weighted by Gasteiger charge is -2.17. The second-order valence-electron chi connectivity index (χ2n) is 5.05. The van der Waals surface area contributed by atoms with E-state index in [9.17, 15) is 5.11 Å². The minimum absolute atomic E-state index is 0.0394. The molecule has 4 heteroatoms. The van der Waals surface area contributed by atoms with Crippen LogP contribution in [0.1, 0.15) is 24.1 Å². The van der Waals surface area contributed by atoms with Crippen molar-refractivity contribution in [1.82, 2.24) is 9.78 Å². The summed E-state index contributed by atoms with van der Waals surface area (Å²) in [5, 5.41) is 13.6. The number of aliphatic hydroxyl groups excluding tert-OH is 1. The summed E-state index contributed by atoms with van der Waals surface area (Å²) in [5.41, 5.74) is 4.08. The molecular formula is C15H19N3O. The monoisotopic (exact) mass is 257 g/mol. The lowest BCUT2D eigenvalue weighted by Crippen LogP contribution is -2.17. The van der Waals surface area contributed by atoms with E-state index < -0.39 is 0 Å². The van der Waals surface area contributed by atoms with Gasteiger partial charge in [0.25, 0.3) is 0 Å². The van der Waals surface area contributed by atoms with E-state index in [0.29, 0.717) is 0 Å². The fourth-order valence-corrected chi connectivity index (χ4v) is 2.57. The van der Waals surface area contributed by atoms with E-state index >= 15 is 0 Å². The lowest BCUT2D eigenvalue weighted by molar-refractivity contribution is 0.281. The molecule has 0 aliphatic carbocycles. The molecule has 1 aromatic carbocycles. The molecule has 2 heterocycles. The minimum atomic E-state index is 0.0394. The molecule has 1 fully saturated rings. The zero-order chi connectivity index (χ0) is 13.2. The summed E-state index contributed by atoms with van der Waals surface area (Å²) in [4.78, 5) is 2.41. The zero-order valence-electron chi connectivity index (χ0n) is 11.2. The van der Waals surface area contributed by atoms with Gasteiger partial charge in [0.05, 0.1) is 18.0 Å². The first kappa shape index (κ1) is 12.2. The molecule has 1 N–H and O–H groups in total. The van der Waals surface area contributed by atoms with Crippen molar-refractivity contribution in [3.05, 3.63) is 41.7 Å². The summed E-state index contributed by atoms with van der Waals surface area (Å²) in [5.74, 6) is 0. The molecule has 100 valence electrons. The number of hydrogen-bond acceptors (Lipinski definition) is 3. The highest BCUT2D eigenvalue weighted by Gasteiger charge is 2.12. The number of aliphatic hydroxyl groups is 1. The fourth-order valence-electron chi connectivity index (χ4n) is 2.57. The van der Waals surface area contributed by atoms with Gasteiger partial charge in [-0.15, -0.1) is 0 Å². The number of aryl methyl sites for hydroxylation is 1. The Kier molecular flexibility index (Phi) is 3.25. The van der Waals surface area contributed by atoms with Gasteiger partial charge < -0.3 is 10.0 Å². The third kappa shape index (κ3) is 2.36. The molecule has 1 aliphatic rings. The molecule has 0 amide bonds. The molecule has 1 aromatic heterocycles. The SMILES string of the molecule is Cc1nn(-c2ccc(N3CCCC3)cc2)cc1CO. The van der Waals surface area contributed by atoms with E-state index in [1.807, 2.05) is 17.8 Å². The summed E-state index contributed by atoms with van der Waals surface area (Å²) in [6.45, 7) is 4.28. The average molecular weight is 257 g/mol. The molecule has 2 aromatic rings. The van der Waals surface area contributed by atoms with Gasteiger partial charge >= 0.3 is 0 Å². The van der Waals surface area contributed by atoms with Crippen LogP contribution in [0.15, 0.2) is 30.5 Å². The van der Waals surface area contributed by atoms with Crippen molar-refractivity contribution in [3.63, 3.8) is 0 Å². The summed E-state index contributed by atoms with van der Waals surface area (Å²) in [7, 11) is 0. The smallest absolute Gasteiger partial charge is 0.0715 e. The molecule has 0 atom stereocenters. The third-order valence-corrected chi connectivity index (χ3v) is 3.76. The van der Waals surface area contributed by atoms with Crippen molar-refractivity contribution in [2.75, 3.05) is 18.0 Å². The predicted octanol–water partition coefficient (Wildman–Crippen LogP) is 2.27. The van der Waals surface area contributed by atoms with Crippen LogP contribution in [0.5, 0.6) is 0 Å². The molecule has 0 saturated carbocycles. The maximum atomic E-state index is 9.21. The fraction of sp³-hybridized carbons (Fsp3) is 0.400. The van der Waals surface area contributed by atoms with Gasteiger partial charge in [-0.05, 0) is 44.0 Å². The van der Waals surface area contributed by atoms with Gasteiger partial charge in [-0.1, -0.05) is 0 Å². The second kappa shape index (κ2) is 5.05. The number of benzene rings is 1. The van der Waals surface area contributed by atoms with Crippen LogP contribution in [-0.4, -0.2) is 28.0 Å². The lowest BCUT2D eigenvalue weighted by atomic mass is 10.2. The highest BCUT2D eigenvalue weighted by atomic mass is 16.3. The van der Waals surface area contributed by atoms with Crippen molar-refractivity contribution in [1.29, 1.82) is 0 Å². The van der Waals surface area contributed by atoms with E-state index in [1.54, 1.807) is 0 Å². The largest absolute Gasteiger partial charge is 0.392 e. The van der Waals surface area contributed by atoms with Crippen molar-refractivity contribution in [2.24, 2.45) is 0 Å². The topological polar surface area (TPSA) is 41.3 Å². The predicted molar refractivity (Wildman–Crippen MR) is 75.7 cm³/mol. The molecular weight excluding hydrogens is 238 g/mol. The van der Waals surface area contributed by atoms with E-state index in [0.717, 1.165) is 30.0 Å². The van der Waals surface area contributed by atoms with Gasteiger partial charge in [-0.25, -0.2) is 4.68 Å². The Balaban J connectivity index is 1.84. The van der Waals surface area contributed by atoms with Crippen molar-refractivity contribution in [2.45, 2.75) is 26.4 Å². The zero-order valence-corrected chi connectivity index (χ0v) is 11.2. The molecule has 0 radical (unpaired) electrons. The van der Waals surface area contributed by atoms with Crippen molar-refractivity contribution < 1.29 is 5.11 Å². The Bertz CT molecular complexity index is 553. The molecule has 0 spiro atoms. The maximum Gasteiger partial charge on any atom is 0.0715 e. The molecule has 19 heavy (non-hydrogen) atoms. The van der Waals surface area contributed by atoms with Crippen LogP contribution in [0.3, 0.4) is 0 Å². The van der Waals surface area contributed by atoms with Crippen LogP contribution in [-0.2, 0) is 6.61 Å². The Morgan fingerprint density at radius 2 is 1.74 bits per heavy atom. The van der Waals surface area contributed by atoms with Crippen LogP contribution >= 0.6 is 0 Å². The normalized spacial score (nSPS) is 15.2. The first-order chi connectivity index (χ1) is 9.28. The molecule has 1 aliphatic heterocycles. The van der Waals surface area contributed by atoms with Crippen LogP contribution in [0.25, 0.3) is 5.69 Å². The Morgan fingerprint density at radius 3 is 2.32 bits per heavy atom. The van der Waals surface area contributed by atoms with Crippen LogP contribution in [0.2, 0.25) is 0 Å². The average Bonchev–Trinajstić information content (AvgIpc) is 3.08. The van der Waals surface area contributed by atoms with Gasteiger partial charge in [0.1, 0.15) is 0 Å². The molecule has 0 bridgehead atoms. The van der Waals surface area contributed by atoms with Crippen LogP contribution < -0.4 is 4.90 Å². The van der Waals surface area contributed by atoms with Gasteiger partial charge in [0, 0.05) is 30.5 Å². The van der Waals surface area contributed by atoms with Crippen LogP contribution in [0.4, 0.5) is 5.69 Å². The van der Waals surface area contributed by atoms with Crippen LogP contribution in [0, 0.1) is 6.92 Å². The molecule has 0 unspecified atom stereocenters. The van der Waals surface area contributed by atoms with Crippen molar-refractivity contribution in [3.8, 4) is 5.69 Å². The number of nitrogens with zero attached hydrogens (tertiary/aromatic N) is 3. The van der Waals surface area contributed by atoms with E-state index in [1.165, 1.54) is 18.5 Å². The van der Waals surface area contributed by atoms with E-state index in [-0.39, 0.29) is 6.61 Å². The summed E-state index contributed by atoms with van der Waals surface area (Å²) in [6.07, 6.45) is 4.47. The Morgan fingerprint density at radius 1 is 1.11 bits per heavy atom. The summed E-state index contributed by atoms with van der Waals surface area (Å²) >= 11 is 0. The quantitative estimate of drug-likeness (QED) is 0.917. The highest BCUT2D eigenvalue weighted by molar-refractivity contribution is 5.51. The van der Waals surface area contributed by atoms with Gasteiger partial charge in [-0.3, -0.25) is 0 Å². The van der Waals surface area contributed by atoms with E-state index in [2.05, 4.69) is 34.3 Å². The number of hydrogen-bond donors (Lipinski definition) is 1. The second-order valence-corrected chi connectivity index (χ2v) is 5.05. The van der Waals surface area contributed by atoms with E-state index in [4.69, 9.17) is 0 Å². The first-order valence-electron chi connectivity index (χ1n) is 6.79. The number of anilines is 1. The molecule has 1 saturated heterocycles.